The van der Waals surface area contributed by atoms with Gasteiger partial charge in [-0.1, -0.05) is 13.8 Å². The maximum absolute atomic E-state index is 3.47. The molecule has 1 heterocycles. The third-order valence-corrected chi connectivity index (χ3v) is 5.07. The van der Waals surface area contributed by atoms with Gasteiger partial charge < -0.3 is 5.32 Å². The molecule has 2 aliphatic rings. The number of hydrogen-bond acceptors (Lipinski definition) is 2. The van der Waals surface area contributed by atoms with E-state index in [9.17, 15) is 0 Å². The Morgan fingerprint density at radius 3 is 3.00 bits per heavy atom. The van der Waals surface area contributed by atoms with Gasteiger partial charge in [-0.05, 0) is 43.0 Å². The Hall–Kier alpha value is 0.310. The van der Waals surface area contributed by atoms with Gasteiger partial charge in [-0.3, -0.25) is 0 Å². The van der Waals surface area contributed by atoms with Crippen molar-refractivity contribution in [3.8, 4) is 0 Å². The van der Waals surface area contributed by atoms with E-state index in [1.807, 2.05) is 0 Å². The van der Waals surface area contributed by atoms with Gasteiger partial charge >= 0.3 is 0 Å². The summed E-state index contributed by atoms with van der Waals surface area (Å²) in [6.07, 6.45) is 2.98. The van der Waals surface area contributed by atoms with Gasteiger partial charge in [-0.2, -0.15) is 11.8 Å². The Balaban J connectivity index is 1.83. The smallest absolute Gasteiger partial charge is 0.00787 e. The highest BCUT2D eigenvalue weighted by Crippen LogP contribution is 2.64. The van der Waals surface area contributed by atoms with Crippen molar-refractivity contribution in [3.05, 3.63) is 0 Å². The molecule has 1 aliphatic carbocycles. The van der Waals surface area contributed by atoms with E-state index in [-0.39, 0.29) is 0 Å². The lowest BCUT2D eigenvalue weighted by molar-refractivity contribution is 0.444. The third-order valence-electron chi connectivity index (χ3n) is 3.67. The monoisotopic (exact) mass is 185 g/mol. The molecule has 0 aromatic heterocycles. The molecule has 3 atom stereocenters. The zero-order chi connectivity index (χ0) is 8.60. The Morgan fingerprint density at radius 2 is 2.42 bits per heavy atom. The number of thioether (sulfide) groups is 1. The molecule has 12 heavy (non-hydrogen) atoms. The van der Waals surface area contributed by atoms with Gasteiger partial charge in [0.2, 0.25) is 0 Å². The molecule has 0 aromatic rings. The van der Waals surface area contributed by atoms with Crippen molar-refractivity contribution in [3.63, 3.8) is 0 Å². The minimum Gasteiger partial charge on any atom is -0.317 e. The average molecular weight is 185 g/mol. The summed E-state index contributed by atoms with van der Waals surface area (Å²) in [7, 11) is 0. The summed E-state index contributed by atoms with van der Waals surface area (Å²) >= 11 is 2.18. The second-order valence-corrected chi connectivity index (χ2v) is 5.65. The van der Waals surface area contributed by atoms with E-state index in [2.05, 4.69) is 30.9 Å². The van der Waals surface area contributed by atoms with Crippen LogP contribution in [0, 0.1) is 11.3 Å². The van der Waals surface area contributed by atoms with Crippen LogP contribution in [0.5, 0.6) is 0 Å². The van der Waals surface area contributed by atoms with E-state index in [1.165, 1.54) is 25.1 Å². The topological polar surface area (TPSA) is 12.0 Å². The molecule has 0 bridgehead atoms. The maximum Gasteiger partial charge on any atom is 0.00787 e. The first kappa shape index (κ1) is 8.89. The van der Waals surface area contributed by atoms with Gasteiger partial charge in [0.05, 0.1) is 0 Å². The van der Waals surface area contributed by atoms with Crippen LogP contribution in [0.4, 0.5) is 0 Å². The second-order valence-electron chi connectivity index (χ2n) is 4.20. The van der Waals surface area contributed by atoms with Crippen molar-refractivity contribution in [2.45, 2.75) is 31.9 Å². The van der Waals surface area contributed by atoms with Crippen molar-refractivity contribution >= 4 is 11.8 Å². The van der Waals surface area contributed by atoms with Crippen LogP contribution in [0.25, 0.3) is 0 Å². The quantitative estimate of drug-likeness (QED) is 0.723. The van der Waals surface area contributed by atoms with Gasteiger partial charge in [0.15, 0.2) is 0 Å². The van der Waals surface area contributed by atoms with Crippen molar-refractivity contribution in [2.75, 3.05) is 18.8 Å². The highest BCUT2D eigenvalue weighted by Gasteiger charge is 2.58. The lowest BCUT2D eigenvalue weighted by Crippen LogP contribution is -2.21. The summed E-state index contributed by atoms with van der Waals surface area (Å²) in [4.78, 5) is 0. The first-order valence-electron chi connectivity index (χ1n) is 5.12. The molecular formula is C10H19NS. The van der Waals surface area contributed by atoms with Crippen LogP contribution in [0.3, 0.4) is 0 Å². The van der Waals surface area contributed by atoms with Crippen LogP contribution in [-0.4, -0.2) is 24.1 Å². The van der Waals surface area contributed by atoms with E-state index < -0.39 is 0 Å². The number of hydrogen-bond donors (Lipinski definition) is 1. The fraction of sp³-hybridized carbons (Fsp3) is 1.00. The van der Waals surface area contributed by atoms with Crippen LogP contribution in [0.15, 0.2) is 0 Å². The van der Waals surface area contributed by atoms with E-state index in [0.717, 1.165) is 23.1 Å². The Labute approximate surface area is 79.7 Å². The third kappa shape index (κ3) is 1.29. The van der Waals surface area contributed by atoms with Crippen molar-refractivity contribution < 1.29 is 0 Å². The van der Waals surface area contributed by atoms with Crippen molar-refractivity contribution in [1.29, 1.82) is 0 Å². The van der Waals surface area contributed by atoms with Crippen LogP contribution in [-0.2, 0) is 0 Å². The molecule has 3 unspecified atom stereocenters. The van der Waals surface area contributed by atoms with E-state index in [4.69, 9.17) is 0 Å². The molecule has 1 saturated carbocycles. The molecule has 1 spiro atoms. The van der Waals surface area contributed by atoms with Crippen LogP contribution < -0.4 is 5.32 Å². The molecule has 70 valence electrons. The largest absolute Gasteiger partial charge is 0.317 e. The lowest BCUT2D eigenvalue weighted by Gasteiger charge is -2.14. The van der Waals surface area contributed by atoms with Gasteiger partial charge in [0.25, 0.3) is 0 Å². The molecule has 0 radical (unpaired) electrons. The SMILES string of the molecule is CCNCC1CC12CCSC2C. The molecule has 1 nitrogen and oxygen atoms in total. The standard InChI is InChI=1S/C10H19NS/c1-3-11-7-9-6-10(9)4-5-12-8(10)2/h8-9,11H,3-7H2,1-2H3. The average Bonchev–Trinajstić information content (AvgIpc) is 2.64. The fourth-order valence-corrected chi connectivity index (χ4v) is 4.18. The normalized spacial score (nSPS) is 45.5. The molecule has 2 heteroatoms. The van der Waals surface area contributed by atoms with Crippen LogP contribution >= 0.6 is 11.8 Å². The molecule has 1 aliphatic heterocycles. The van der Waals surface area contributed by atoms with E-state index >= 15 is 0 Å². The summed E-state index contributed by atoms with van der Waals surface area (Å²) in [5.74, 6) is 2.41. The van der Waals surface area contributed by atoms with Crippen LogP contribution in [0.1, 0.15) is 26.7 Å². The predicted octanol–water partition coefficient (Wildman–Crippen LogP) is 2.13. The molecule has 2 fully saturated rings. The van der Waals surface area contributed by atoms with Gasteiger partial charge in [-0.25, -0.2) is 0 Å². The lowest BCUT2D eigenvalue weighted by atomic mass is 9.97. The molecular weight excluding hydrogens is 166 g/mol. The molecule has 2 rings (SSSR count). The fourth-order valence-electron chi connectivity index (χ4n) is 2.59. The molecule has 0 aromatic carbocycles. The Bertz CT molecular complexity index is 171. The number of nitrogens with one attached hydrogen (secondary N) is 1. The molecule has 1 N–H and O–H groups in total. The first-order valence-corrected chi connectivity index (χ1v) is 6.17. The van der Waals surface area contributed by atoms with E-state index in [0.29, 0.717) is 0 Å². The van der Waals surface area contributed by atoms with Gasteiger partial charge in [0, 0.05) is 5.25 Å². The maximum atomic E-state index is 3.47. The summed E-state index contributed by atoms with van der Waals surface area (Å²) in [6, 6.07) is 0. The summed E-state index contributed by atoms with van der Waals surface area (Å²) in [5.41, 5.74) is 0.771. The second kappa shape index (κ2) is 3.22. The first-order chi connectivity index (χ1) is 5.79. The summed E-state index contributed by atoms with van der Waals surface area (Å²) in [5, 5.41) is 4.40. The minimum atomic E-state index is 0.771. The summed E-state index contributed by atoms with van der Waals surface area (Å²) in [6.45, 7) is 7.01. The minimum absolute atomic E-state index is 0.771. The van der Waals surface area contributed by atoms with E-state index in [1.54, 1.807) is 0 Å². The van der Waals surface area contributed by atoms with Gasteiger partial charge in [-0.15, -0.1) is 0 Å². The number of rotatable bonds is 3. The Kier molecular flexibility index (Phi) is 2.39. The molecule has 1 saturated heterocycles. The van der Waals surface area contributed by atoms with Crippen molar-refractivity contribution in [2.24, 2.45) is 11.3 Å². The van der Waals surface area contributed by atoms with Crippen molar-refractivity contribution in [1.82, 2.24) is 5.32 Å². The summed E-state index contributed by atoms with van der Waals surface area (Å²) < 4.78 is 0. The predicted molar refractivity (Wildman–Crippen MR) is 55.6 cm³/mol. The van der Waals surface area contributed by atoms with Gasteiger partial charge in [0.1, 0.15) is 0 Å². The zero-order valence-corrected chi connectivity index (χ0v) is 8.91. The molecule has 0 amide bonds. The van der Waals surface area contributed by atoms with Crippen LogP contribution in [0.2, 0.25) is 0 Å². The Morgan fingerprint density at radius 1 is 1.58 bits per heavy atom. The highest BCUT2D eigenvalue weighted by atomic mass is 32.2. The highest BCUT2D eigenvalue weighted by molar-refractivity contribution is 8.00. The zero-order valence-electron chi connectivity index (χ0n) is 8.10.